The van der Waals surface area contributed by atoms with Crippen molar-refractivity contribution in [1.82, 2.24) is 4.98 Å². The average molecular weight is 435 g/mol. The molecule has 4 rings (SSSR count). The minimum absolute atomic E-state index is 0.161. The molecule has 0 aliphatic heterocycles. The fourth-order valence-corrected chi connectivity index (χ4v) is 3.29. The highest BCUT2D eigenvalue weighted by Gasteiger charge is 2.14. The van der Waals surface area contributed by atoms with Crippen molar-refractivity contribution in [3.05, 3.63) is 83.5 Å². The van der Waals surface area contributed by atoms with Crippen LogP contribution in [0.15, 0.2) is 72.8 Å². The number of hydrogen-bond acceptors (Lipinski definition) is 4. The molecule has 0 aliphatic carbocycles. The number of nitrogens with two attached hydrogens (primary N) is 1. The topological polar surface area (TPSA) is 109 Å². The molecule has 0 unspecified atom stereocenters. The molecule has 8 heteroatoms. The van der Waals surface area contributed by atoms with E-state index in [0.29, 0.717) is 38.7 Å². The van der Waals surface area contributed by atoms with Crippen molar-refractivity contribution in [2.45, 2.75) is 0 Å². The van der Waals surface area contributed by atoms with Gasteiger partial charge in [-0.1, -0.05) is 29.8 Å². The fourth-order valence-electron chi connectivity index (χ4n) is 3.06. The van der Waals surface area contributed by atoms with Crippen molar-refractivity contribution in [3.63, 3.8) is 0 Å². The molecule has 0 bridgehead atoms. The molecule has 1 heterocycles. The Labute approximate surface area is 183 Å². The Morgan fingerprint density at radius 3 is 2.35 bits per heavy atom. The number of fused-ring (bicyclic) bond motifs is 1. The number of nitrogens with one attached hydrogen (secondary N) is 3. The van der Waals surface area contributed by atoms with Gasteiger partial charge >= 0.3 is 0 Å². The van der Waals surface area contributed by atoms with Gasteiger partial charge in [-0.05, 0) is 54.6 Å². The van der Waals surface area contributed by atoms with Crippen LogP contribution in [0.3, 0.4) is 0 Å². The van der Waals surface area contributed by atoms with Crippen molar-refractivity contribution in [2.24, 2.45) is 5.73 Å². The highest BCUT2D eigenvalue weighted by atomic mass is 35.5. The van der Waals surface area contributed by atoms with Gasteiger partial charge in [-0.25, -0.2) is 0 Å². The highest BCUT2D eigenvalue weighted by molar-refractivity contribution is 6.32. The molecule has 4 aromatic rings. The van der Waals surface area contributed by atoms with E-state index < -0.39 is 0 Å². The third-order valence-electron chi connectivity index (χ3n) is 4.49. The summed E-state index contributed by atoms with van der Waals surface area (Å²) in [5, 5.41) is 6.63. The first-order valence-electron chi connectivity index (χ1n) is 9.48. The summed E-state index contributed by atoms with van der Waals surface area (Å²) in [5.41, 5.74) is 7.34. The maximum absolute atomic E-state index is 12.7. The van der Waals surface area contributed by atoms with Crippen LogP contribution in [0, 0.1) is 0 Å². The third kappa shape index (κ3) is 4.85. The van der Waals surface area contributed by atoms with E-state index in [1.54, 1.807) is 42.5 Å². The van der Waals surface area contributed by atoms with Gasteiger partial charge in [0.05, 0.1) is 17.7 Å². The van der Waals surface area contributed by atoms with Crippen molar-refractivity contribution < 1.29 is 14.3 Å². The minimum atomic E-state index is -0.359. The van der Waals surface area contributed by atoms with Crippen LogP contribution in [-0.4, -0.2) is 23.3 Å². The Balaban J connectivity index is 1.50. The smallest absolute Gasteiger partial charge is 0.272 e. The maximum Gasteiger partial charge on any atom is 0.272 e. The van der Waals surface area contributed by atoms with Crippen LogP contribution in [0.2, 0.25) is 5.02 Å². The Morgan fingerprint density at radius 1 is 0.935 bits per heavy atom. The summed E-state index contributed by atoms with van der Waals surface area (Å²) >= 11 is 6.13. The van der Waals surface area contributed by atoms with Crippen molar-refractivity contribution in [2.75, 3.05) is 17.2 Å². The van der Waals surface area contributed by atoms with Gasteiger partial charge in [-0.2, -0.15) is 0 Å². The molecule has 1 aromatic heterocycles. The number of aromatic nitrogens is 1. The van der Waals surface area contributed by atoms with Crippen molar-refractivity contribution in [1.29, 1.82) is 0 Å². The number of carbonyl (C=O) groups excluding carboxylic acids is 2. The summed E-state index contributed by atoms with van der Waals surface area (Å²) in [6.45, 7) is -0.161. The molecule has 5 N–H and O–H groups in total. The van der Waals surface area contributed by atoms with Gasteiger partial charge in [-0.3, -0.25) is 9.59 Å². The molecule has 0 saturated carbocycles. The molecule has 156 valence electrons. The molecule has 3 aromatic carbocycles. The summed E-state index contributed by atoms with van der Waals surface area (Å²) in [4.78, 5) is 27.4. The Hall–Kier alpha value is -3.81. The van der Waals surface area contributed by atoms with Crippen LogP contribution in [0.25, 0.3) is 10.9 Å². The van der Waals surface area contributed by atoms with E-state index in [0.717, 1.165) is 5.75 Å². The second-order valence-corrected chi connectivity index (χ2v) is 7.18. The standard InChI is InChI=1S/C23H19ClN4O3/c24-15-10-14-11-20(28-22(14)19(12-15)27-21(29)13-25)23(30)26-16-6-8-18(9-7-16)31-17-4-2-1-3-5-17/h1-12,28H,13,25H2,(H,26,30)(H,27,29). The molecule has 31 heavy (non-hydrogen) atoms. The lowest BCUT2D eigenvalue weighted by Gasteiger charge is -2.08. The SMILES string of the molecule is NCC(=O)Nc1cc(Cl)cc2cc(C(=O)Nc3ccc(Oc4ccccc4)cc3)[nH]c12. The summed E-state index contributed by atoms with van der Waals surface area (Å²) in [7, 11) is 0. The summed E-state index contributed by atoms with van der Waals surface area (Å²) in [5.74, 6) is 0.695. The van der Waals surface area contributed by atoms with Gasteiger partial charge in [0.2, 0.25) is 5.91 Å². The monoisotopic (exact) mass is 434 g/mol. The summed E-state index contributed by atoms with van der Waals surface area (Å²) in [6.07, 6.45) is 0. The number of anilines is 2. The first-order valence-corrected chi connectivity index (χ1v) is 9.86. The number of amides is 2. The van der Waals surface area contributed by atoms with Gasteiger partial charge in [-0.15, -0.1) is 0 Å². The molecule has 7 nitrogen and oxygen atoms in total. The van der Waals surface area contributed by atoms with E-state index in [2.05, 4.69) is 15.6 Å². The number of rotatable bonds is 6. The van der Waals surface area contributed by atoms with Gasteiger partial charge in [0.25, 0.3) is 5.91 Å². The van der Waals surface area contributed by atoms with Crippen molar-refractivity contribution in [3.8, 4) is 11.5 Å². The van der Waals surface area contributed by atoms with Crippen LogP contribution >= 0.6 is 11.6 Å². The van der Waals surface area contributed by atoms with Gasteiger partial charge in [0.15, 0.2) is 0 Å². The first-order chi connectivity index (χ1) is 15.0. The lowest BCUT2D eigenvalue weighted by molar-refractivity contribution is -0.114. The second kappa shape index (κ2) is 8.91. The average Bonchev–Trinajstić information content (AvgIpc) is 3.20. The van der Waals surface area contributed by atoms with Crippen molar-refractivity contribution >= 4 is 45.7 Å². The van der Waals surface area contributed by atoms with E-state index in [1.165, 1.54) is 0 Å². The van der Waals surface area contributed by atoms with E-state index in [1.807, 2.05) is 30.3 Å². The van der Waals surface area contributed by atoms with Crippen LogP contribution in [0.1, 0.15) is 10.5 Å². The molecule has 0 fully saturated rings. The Bertz CT molecular complexity index is 1240. The normalized spacial score (nSPS) is 10.6. The van der Waals surface area contributed by atoms with E-state index in [-0.39, 0.29) is 18.4 Å². The number of H-pyrrole nitrogens is 1. The number of hydrogen-bond donors (Lipinski definition) is 4. The largest absolute Gasteiger partial charge is 0.457 e. The number of ether oxygens (including phenoxy) is 1. The third-order valence-corrected chi connectivity index (χ3v) is 4.71. The lowest BCUT2D eigenvalue weighted by Crippen LogP contribution is -2.22. The summed E-state index contributed by atoms with van der Waals surface area (Å²) < 4.78 is 5.75. The zero-order chi connectivity index (χ0) is 21.8. The predicted octanol–water partition coefficient (Wildman–Crippen LogP) is 4.76. The number of aromatic amines is 1. The van der Waals surface area contributed by atoms with Crippen LogP contribution in [0.4, 0.5) is 11.4 Å². The second-order valence-electron chi connectivity index (χ2n) is 6.75. The Morgan fingerprint density at radius 2 is 1.65 bits per heavy atom. The van der Waals surface area contributed by atoms with Crippen LogP contribution < -0.4 is 21.1 Å². The number of para-hydroxylation sites is 1. The quantitative estimate of drug-likeness (QED) is 0.350. The molecule has 0 radical (unpaired) electrons. The predicted molar refractivity (Wildman–Crippen MR) is 122 cm³/mol. The highest BCUT2D eigenvalue weighted by Crippen LogP contribution is 2.29. The zero-order valence-electron chi connectivity index (χ0n) is 16.3. The molecular formula is C23H19ClN4O3. The molecule has 0 spiro atoms. The maximum atomic E-state index is 12.7. The molecule has 0 aliphatic rings. The van der Waals surface area contributed by atoms with Gasteiger partial charge < -0.3 is 26.1 Å². The zero-order valence-corrected chi connectivity index (χ0v) is 17.1. The molecular weight excluding hydrogens is 416 g/mol. The van der Waals surface area contributed by atoms with Crippen LogP contribution in [-0.2, 0) is 4.79 Å². The van der Waals surface area contributed by atoms with Crippen LogP contribution in [0.5, 0.6) is 11.5 Å². The Kier molecular flexibility index (Phi) is 5.88. The minimum Gasteiger partial charge on any atom is -0.457 e. The lowest BCUT2D eigenvalue weighted by atomic mass is 10.2. The van der Waals surface area contributed by atoms with E-state index in [9.17, 15) is 9.59 Å². The summed E-state index contributed by atoms with van der Waals surface area (Å²) in [6, 6.07) is 21.4. The van der Waals surface area contributed by atoms with E-state index in [4.69, 9.17) is 22.1 Å². The molecule has 0 saturated heterocycles. The number of carbonyl (C=O) groups is 2. The van der Waals surface area contributed by atoms with Gasteiger partial charge in [0.1, 0.15) is 17.2 Å². The fraction of sp³-hybridized carbons (Fsp3) is 0.0435. The molecule has 2 amide bonds. The number of halogens is 1. The first kappa shape index (κ1) is 20.5. The number of benzene rings is 3. The van der Waals surface area contributed by atoms with Gasteiger partial charge in [0, 0.05) is 16.1 Å². The molecule has 0 atom stereocenters. The van der Waals surface area contributed by atoms with E-state index >= 15 is 0 Å².